The summed E-state index contributed by atoms with van der Waals surface area (Å²) < 4.78 is 14.2. The number of aliphatic imine (C=N–C) groups is 1. The fourth-order valence-corrected chi connectivity index (χ4v) is 3.87. The second kappa shape index (κ2) is 12.1. The maximum atomic E-state index is 14.2. The van der Waals surface area contributed by atoms with Crippen molar-refractivity contribution in [3.05, 3.63) is 35.6 Å². The molecule has 2 aliphatic rings. The van der Waals surface area contributed by atoms with E-state index < -0.39 is 0 Å². The third-order valence-electron chi connectivity index (χ3n) is 5.97. The van der Waals surface area contributed by atoms with Crippen LogP contribution in [-0.4, -0.2) is 75.2 Å². The van der Waals surface area contributed by atoms with Crippen molar-refractivity contribution in [3.8, 4) is 0 Å². The maximum Gasteiger partial charge on any atom is 0.191 e. The summed E-state index contributed by atoms with van der Waals surface area (Å²) in [5.41, 5.74) is 0.719. The molecule has 0 amide bonds. The van der Waals surface area contributed by atoms with Crippen LogP contribution in [0, 0.1) is 5.82 Å². The quantitative estimate of drug-likeness (QED) is 0.229. The van der Waals surface area contributed by atoms with E-state index in [1.165, 1.54) is 39.1 Å². The summed E-state index contributed by atoms with van der Waals surface area (Å²) in [5, 5.41) is 6.77. The average Bonchev–Trinajstić information content (AvgIpc) is 3.48. The molecule has 0 aromatic heterocycles. The van der Waals surface area contributed by atoms with Crippen molar-refractivity contribution in [2.45, 2.75) is 38.0 Å². The van der Waals surface area contributed by atoms with Crippen LogP contribution in [0.15, 0.2) is 29.3 Å². The van der Waals surface area contributed by atoms with E-state index in [4.69, 9.17) is 4.99 Å². The van der Waals surface area contributed by atoms with E-state index in [9.17, 15) is 4.39 Å². The lowest BCUT2D eigenvalue weighted by Gasteiger charge is -2.32. The number of likely N-dealkylation sites (N-methyl/N-ethyl adjacent to an activating group) is 1. The summed E-state index contributed by atoms with van der Waals surface area (Å²) in [5.74, 6) is 0.752. The summed E-state index contributed by atoms with van der Waals surface area (Å²) in [6.45, 7) is 10.4. The molecule has 3 rings (SSSR count). The number of nitrogens with one attached hydrogen (secondary N) is 2. The second-order valence-corrected chi connectivity index (χ2v) is 8.23. The predicted octanol–water partition coefficient (Wildman–Crippen LogP) is 3.06. The molecule has 1 saturated carbocycles. The third kappa shape index (κ3) is 7.36. The normalized spacial score (nSPS) is 19.5. The minimum Gasteiger partial charge on any atom is -0.357 e. The Morgan fingerprint density at radius 3 is 2.48 bits per heavy atom. The highest BCUT2D eigenvalue weighted by atomic mass is 127. The van der Waals surface area contributed by atoms with Gasteiger partial charge >= 0.3 is 0 Å². The molecule has 1 aromatic rings. The lowest BCUT2D eigenvalue weighted by Crippen LogP contribution is -2.44. The van der Waals surface area contributed by atoms with Crippen LogP contribution < -0.4 is 10.6 Å². The number of hydrogen-bond donors (Lipinski definition) is 2. The van der Waals surface area contributed by atoms with Crippen molar-refractivity contribution >= 4 is 29.9 Å². The molecule has 5 nitrogen and oxygen atoms in total. The Balaban J connectivity index is 0.00000300. The molecule has 0 radical (unpaired) electrons. The number of piperazine rings is 1. The molecule has 29 heavy (non-hydrogen) atoms. The molecular formula is C22H37FIN5. The summed E-state index contributed by atoms with van der Waals surface area (Å²) in [6, 6.07) is 7.15. The number of halogens is 2. The van der Waals surface area contributed by atoms with E-state index in [2.05, 4.69) is 34.4 Å². The Morgan fingerprint density at radius 2 is 1.83 bits per heavy atom. The molecule has 1 aliphatic heterocycles. The van der Waals surface area contributed by atoms with Gasteiger partial charge in [0.1, 0.15) is 5.82 Å². The number of hydrogen-bond acceptors (Lipinski definition) is 3. The largest absolute Gasteiger partial charge is 0.357 e. The van der Waals surface area contributed by atoms with Crippen LogP contribution in [0.4, 0.5) is 4.39 Å². The van der Waals surface area contributed by atoms with Gasteiger partial charge in [0.05, 0.1) is 6.54 Å². The minimum atomic E-state index is -0.102. The molecule has 0 unspecified atom stereocenters. The number of rotatable bonds is 9. The SMILES string of the molecule is CCNC(=NCC1(c2ccccc2F)CC1)NCCCCN1CCN(C)CC1.I. The van der Waals surface area contributed by atoms with Crippen molar-refractivity contribution in [2.75, 3.05) is 59.4 Å². The Labute approximate surface area is 192 Å². The summed E-state index contributed by atoms with van der Waals surface area (Å²) in [7, 11) is 2.20. The zero-order valence-corrected chi connectivity index (χ0v) is 20.3. The van der Waals surface area contributed by atoms with E-state index >= 15 is 0 Å². The van der Waals surface area contributed by atoms with E-state index in [0.717, 1.165) is 43.9 Å². The Morgan fingerprint density at radius 1 is 1.10 bits per heavy atom. The minimum absolute atomic E-state index is 0. The summed E-state index contributed by atoms with van der Waals surface area (Å²) in [6.07, 6.45) is 4.37. The first kappa shape index (κ1) is 24.3. The van der Waals surface area contributed by atoms with Gasteiger partial charge in [0.2, 0.25) is 0 Å². The van der Waals surface area contributed by atoms with Crippen LogP contribution in [-0.2, 0) is 5.41 Å². The van der Waals surface area contributed by atoms with Gasteiger partial charge < -0.3 is 20.4 Å². The summed E-state index contributed by atoms with van der Waals surface area (Å²) >= 11 is 0. The summed E-state index contributed by atoms with van der Waals surface area (Å²) in [4.78, 5) is 9.73. The molecule has 1 aromatic carbocycles. The first-order chi connectivity index (χ1) is 13.6. The molecule has 1 heterocycles. The van der Waals surface area contributed by atoms with E-state index in [0.29, 0.717) is 6.54 Å². The molecule has 0 atom stereocenters. The van der Waals surface area contributed by atoms with Crippen LogP contribution in [0.1, 0.15) is 38.2 Å². The topological polar surface area (TPSA) is 42.9 Å². The van der Waals surface area contributed by atoms with Gasteiger partial charge in [-0.1, -0.05) is 18.2 Å². The Bertz CT molecular complexity index is 642. The molecule has 7 heteroatoms. The van der Waals surface area contributed by atoms with Gasteiger partial charge in [-0.05, 0) is 57.8 Å². The number of nitrogens with zero attached hydrogens (tertiary/aromatic N) is 3. The molecule has 164 valence electrons. The second-order valence-electron chi connectivity index (χ2n) is 8.23. The fraction of sp³-hybridized carbons (Fsp3) is 0.682. The van der Waals surface area contributed by atoms with Gasteiger partial charge in [0.25, 0.3) is 0 Å². The lowest BCUT2D eigenvalue weighted by molar-refractivity contribution is 0.152. The van der Waals surface area contributed by atoms with E-state index in [-0.39, 0.29) is 35.2 Å². The smallest absolute Gasteiger partial charge is 0.191 e. The van der Waals surface area contributed by atoms with E-state index in [1.807, 2.05) is 12.1 Å². The lowest BCUT2D eigenvalue weighted by atomic mass is 9.95. The molecule has 2 N–H and O–H groups in total. The molecule has 2 fully saturated rings. The van der Waals surface area contributed by atoms with Crippen LogP contribution in [0.5, 0.6) is 0 Å². The Kier molecular flexibility index (Phi) is 10.1. The first-order valence-electron chi connectivity index (χ1n) is 10.8. The highest BCUT2D eigenvalue weighted by Gasteiger charge is 2.45. The van der Waals surface area contributed by atoms with Crippen molar-refractivity contribution < 1.29 is 4.39 Å². The van der Waals surface area contributed by atoms with Crippen molar-refractivity contribution in [3.63, 3.8) is 0 Å². The van der Waals surface area contributed by atoms with Crippen molar-refractivity contribution in [2.24, 2.45) is 4.99 Å². The van der Waals surface area contributed by atoms with Crippen molar-refractivity contribution in [1.29, 1.82) is 0 Å². The average molecular weight is 517 g/mol. The monoisotopic (exact) mass is 517 g/mol. The highest BCUT2D eigenvalue weighted by Crippen LogP contribution is 2.49. The standard InChI is InChI=1S/C22H36FN5.HI/c1-3-24-21(25-12-6-7-13-28-16-14-27(2)15-17-28)26-18-22(10-11-22)19-8-4-5-9-20(19)23;/h4-5,8-9H,3,6-7,10-18H2,1-2H3,(H2,24,25,26);1H. The first-order valence-corrected chi connectivity index (χ1v) is 10.8. The molecule has 1 aliphatic carbocycles. The Hall–Kier alpha value is -0.930. The van der Waals surface area contributed by atoms with Gasteiger partial charge in [-0.25, -0.2) is 4.39 Å². The molecule has 1 saturated heterocycles. The molecule has 0 bridgehead atoms. The van der Waals surface area contributed by atoms with Gasteiger partial charge in [-0.15, -0.1) is 24.0 Å². The van der Waals surface area contributed by atoms with Gasteiger partial charge in [-0.3, -0.25) is 4.99 Å². The zero-order valence-electron chi connectivity index (χ0n) is 17.9. The van der Waals surface area contributed by atoms with Gasteiger partial charge in [-0.2, -0.15) is 0 Å². The van der Waals surface area contributed by atoms with E-state index in [1.54, 1.807) is 12.1 Å². The van der Waals surface area contributed by atoms with Crippen LogP contribution in [0.25, 0.3) is 0 Å². The number of guanidine groups is 1. The third-order valence-corrected chi connectivity index (χ3v) is 5.97. The van der Waals surface area contributed by atoms with Gasteiger partial charge in [0.15, 0.2) is 5.96 Å². The van der Waals surface area contributed by atoms with Crippen molar-refractivity contribution in [1.82, 2.24) is 20.4 Å². The molecular weight excluding hydrogens is 480 g/mol. The van der Waals surface area contributed by atoms with Crippen LogP contribution in [0.3, 0.4) is 0 Å². The van der Waals surface area contributed by atoms with Crippen LogP contribution in [0.2, 0.25) is 0 Å². The maximum absolute atomic E-state index is 14.2. The predicted molar refractivity (Wildman–Crippen MR) is 130 cm³/mol. The van der Waals surface area contributed by atoms with Gasteiger partial charge in [0, 0.05) is 44.7 Å². The zero-order chi connectivity index (χ0) is 19.8. The highest BCUT2D eigenvalue weighted by molar-refractivity contribution is 14.0. The number of unbranched alkanes of at least 4 members (excludes halogenated alkanes) is 1. The molecule has 0 spiro atoms. The number of benzene rings is 1. The fourth-order valence-electron chi connectivity index (χ4n) is 3.87. The van der Waals surface area contributed by atoms with Crippen LogP contribution >= 0.6 is 24.0 Å².